The predicted octanol–water partition coefficient (Wildman–Crippen LogP) is 4.09. The standard InChI is InChI=1S/C19H18BrN5O2S2/c1-27-17-7-2-13(20)10-12(17)8-9-21-19(28)23-15-5-3-14(4-6-15)22-18(26)16-11-29-25-24-16/h2-7,10-11H,8-9H2,1H3,(H,22,26)(H2,21,23,28). The lowest BCUT2D eigenvalue weighted by molar-refractivity contribution is 0.102. The molecule has 0 bridgehead atoms. The molecule has 0 aliphatic rings. The summed E-state index contributed by atoms with van der Waals surface area (Å²) in [5.74, 6) is 0.555. The molecule has 7 nitrogen and oxygen atoms in total. The second-order valence-corrected chi connectivity index (χ2v) is 7.84. The van der Waals surface area contributed by atoms with Gasteiger partial charge in [0.1, 0.15) is 5.75 Å². The van der Waals surface area contributed by atoms with Gasteiger partial charge < -0.3 is 20.7 Å². The molecule has 150 valence electrons. The summed E-state index contributed by atoms with van der Waals surface area (Å²) in [4.78, 5) is 12.0. The van der Waals surface area contributed by atoms with Gasteiger partial charge in [-0.05, 0) is 78.2 Å². The number of methoxy groups -OCH3 is 1. The second kappa shape index (κ2) is 10.3. The molecule has 0 spiro atoms. The Bertz CT molecular complexity index is 981. The summed E-state index contributed by atoms with van der Waals surface area (Å²) < 4.78 is 10.1. The van der Waals surface area contributed by atoms with E-state index in [1.807, 2.05) is 30.3 Å². The van der Waals surface area contributed by atoms with Gasteiger partial charge >= 0.3 is 0 Å². The number of thiocarbonyl (C=S) groups is 1. The van der Waals surface area contributed by atoms with Gasteiger partial charge in [0, 0.05) is 27.8 Å². The van der Waals surface area contributed by atoms with Crippen LogP contribution in [0.4, 0.5) is 11.4 Å². The van der Waals surface area contributed by atoms with Crippen molar-refractivity contribution in [2.75, 3.05) is 24.3 Å². The summed E-state index contributed by atoms with van der Waals surface area (Å²) in [7, 11) is 1.66. The molecule has 29 heavy (non-hydrogen) atoms. The smallest absolute Gasteiger partial charge is 0.277 e. The molecule has 3 aromatic rings. The highest BCUT2D eigenvalue weighted by Gasteiger charge is 2.09. The third kappa shape index (κ3) is 6.21. The number of hydrogen-bond donors (Lipinski definition) is 3. The van der Waals surface area contributed by atoms with Crippen molar-refractivity contribution < 1.29 is 9.53 Å². The zero-order valence-electron chi connectivity index (χ0n) is 15.4. The number of nitrogens with zero attached hydrogens (tertiary/aromatic N) is 2. The predicted molar refractivity (Wildman–Crippen MR) is 123 cm³/mol. The summed E-state index contributed by atoms with van der Waals surface area (Å²) in [5, 5.41) is 14.9. The molecule has 1 amide bonds. The minimum absolute atomic E-state index is 0.292. The Morgan fingerprint density at radius 2 is 1.90 bits per heavy atom. The largest absolute Gasteiger partial charge is 0.496 e. The average molecular weight is 492 g/mol. The lowest BCUT2D eigenvalue weighted by Gasteiger charge is -2.13. The second-order valence-electron chi connectivity index (χ2n) is 5.91. The Labute approximate surface area is 186 Å². The van der Waals surface area contributed by atoms with Crippen molar-refractivity contribution in [1.29, 1.82) is 0 Å². The fraction of sp³-hybridized carbons (Fsp3) is 0.158. The zero-order valence-corrected chi connectivity index (χ0v) is 18.7. The van der Waals surface area contributed by atoms with Crippen LogP contribution >= 0.6 is 39.7 Å². The number of anilines is 2. The molecule has 10 heteroatoms. The summed E-state index contributed by atoms with van der Waals surface area (Å²) in [5.41, 5.74) is 2.86. The summed E-state index contributed by atoms with van der Waals surface area (Å²) in [6.07, 6.45) is 0.765. The first kappa shape index (κ1) is 21.2. The molecule has 0 aliphatic heterocycles. The molecule has 0 fully saturated rings. The van der Waals surface area contributed by atoms with Crippen LogP contribution in [0, 0.1) is 0 Å². The number of aromatic nitrogens is 2. The van der Waals surface area contributed by atoms with Gasteiger partial charge in [-0.15, -0.1) is 5.10 Å². The Balaban J connectivity index is 1.47. The van der Waals surface area contributed by atoms with E-state index >= 15 is 0 Å². The Morgan fingerprint density at radius 1 is 1.17 bits per heavy atom. The van der Waals surface area contributed by atoms with Crippen LogP contribution < -0.4 is 20.7 Å². The fourth-order valence-corrected chi connectivity index (χ4v) is 3.59. The van der Waals surface area contributed by atoms with Crippen molar-refractivity contribution in [2.24, 2.45) is 0 Å². The molecule has 1 heterocycles. The maximum absolute atomic E-state index is 12.0. The van der Waals surface area contributed by atoms with E-state index in [1.165, 1.54) is 0 Å². The van der Waals surface area contributed by atoms with E-state index in [2.05, 4.69) is 41.5 Å². The highest BCUT2D eigenvalue weighted by molar-refractivity contribution is 9.10. The van der Waals surface area contributed by atoms with Crippen molar-refractivity contribution in [3.05, 3.63) is 63.6 Å². The number of carbonyl (C=O) groups excluding carboxylic acids is 1. The van der Waals surface area contributed by atoms with Gasteiger partial charge in [0.05, 0.1) is 7.11 Å². The van der Waals surface area contributed by atoms with E-state index in [1.54, 1.807) is 24.6 Å². The molecule has 1 aromatic heterocycles. The monoisotopic (exact) mass is 491 g/mol. The first-order chi connectivity index (χ1) is 14.0. The minimum Gasteiger partial charge on any atom is -0.496 e. The maximum atomic E-state index is 12.0. The van der Waals surface area contributed by atoms with Crippen molar-refractivity contribution in [1.82, 2.24) is 14.9 Å². The average Bonchev–Trinajstić information content (AvgIpc) is 3.25. The summed E-state index contributed by atoms with van der Waals surface area (Å²) in [6.45, 7) is 0.661. The molecular weight excluding hydrogens is 474 g/mol. The van der Waals surface area contributed by atoms with Crippen LogP contribution in [0.2, 0.25) is 0 Å². The number of amides is 1. The Kier molecular flexibility index (Phi) is 7.50. The topological polar surface area (TPSA) is 88.2 Å². The normalized spacial score (nSPS) is 10.3. The van der Waals surface area contributed by atoms with Crippen LogP contribution in [-0.2, 0) is 6.42 Å². The van der Waals surface area contributed by atoms with Gasteiger partial charge in [-0.2, -0.15) is 0 Å². The quantitative estimate of drug-likeness (QED) is 0.428. The van der Waals surface area contributed by atoms with Gasteiger partial charge in [-0.3, -0.25) is 4.79 Å². The van der Waals surface area contributed by atoms with Gasteiger partial charge in [-0.25, -0.2) is 0 Å². The maximum Gasteiger partial charge on any atom is 0.277 e. The van der Waals surface area contributed by atoms with E-state index in [0.29, 0.717) is 23.0 Å². The Morgan fingerprint density at radius 3 is 2.55 bits per heavy atom. The molecule has 0 atom stereocenters. The molecule has 3 N–H and O–H groups in total. The van der Waals surface area contributed by atoms with Gasteiger partial charge in [0.25, 0.3) is 5.91 Å². The highest BCUT2D eigenvalue weighted by atomic mass is 79.9. The van der Waals surface area contributed by atoms with Crippen molar-refractivity contribution in [3.8, 4) is 5.75 Å². The summed E-state index contributed by atoms with van der Waals surface area (Å²) >= 11 is 9.96. The van der Waals surface area contributed by atoms with Crippen molar-refractivity contribution >= 4 is 62.1 Å². The zero-order chi connectivity index (χ0) is 20.6. The Hall–Kier alpha value is -2.56. The van der Waals surface area contributed by atoms with E-state index in [9.17, 15) is 4.79 Å². The van der Waals surface area contributed by atoms with Crippen LogP contribution in [0.3, 0.4) is 0 Å². The van der Waals surface area contributed by atoms with Crippen LogP contribution in [0.25, 0.3) is 0 Å². The van der Waals surface area contributed by atoms with Crippen LogP contribution in [0.5, 0.6) is 5.75 Å². The molecular formula is C19H18BrN5O2S2. The number of halogens is 1. The lowest BCUT2D eigenvalue weighted by Crippen LogP contribution is -2.30. The molecule has 0 saturated heterocycles. The van der Waals surface area contributed by atoms with E-state index in [-0.39, 0.29) is 5.91 Å². The van der Waals surface area contributed by atoms with E-state index in [4.69, 9.17) is 17.0 Å². The number of benzene rings is 2. The fourth-order valence-electron chi connectivity index (χ4n) is 2.52. The molecule has 0 radical (unpaired) electrons. The number of rotatable bonds is 7. The van der Waals surface area contributed by atoms with Gasteiger partial charge in [0.15, 0.2) is 10.8 Å². The van der Waals surface area contributed by atoms with Crippen LogP contribution in [0.1, 0.15) is 16.1 Å². The highest BCUT2D eigenvalue weighted by Crippen LogP contribution is 2.23. The van der Waals surface area contributed by atoms with Crippen LogP contribution in [-0.4, -0.2) is 34.3 Å². The number of hydrogen-bond acceptors (Lipinski definition) is 6. The lowest BCUT2D eigenvalue weighted by atomic mass is 10.1. The SMILES string of the molecule is COc1ccc(Br)cc1CCNC(=S)Nc1ccc(NC(=O)c2csnn2)cc1. The summed E-state index contributed by atoms with van der Waals surface area (Å²) in [6, 6.07) is 13.2. The van der Waals surface area contributed by atoms with Gasteiger partial charge in [-0.1, -0.05) is 20.4 Å². The molecule has 0 unspecified atom stereocenters. The number of ether oxygens (including phenoxy) is 1. The van der Waals surface area contributed by atoms with E-state index in [0.717, 1.165) is 39.4 Å². The van der Waals surface area contributed by atoms with Crippen LogP contribution in [0.15, 0.2) is 52.3 Å². The minimum atomic E-state index is -0.292. The third-order valence-electron chi connectivity index (χ3n) is 3.92. The van der Waals surface area contributed by atoms with E-state index < -0.39 is 0 Å². The number of carbonyl (C=O) groups is 1. The molecule has 0 saturated carbocycles. The first-order valence-electron chi connectivity index (χ1n) is 8.61. The van der Waals surface area contributed by atoms with Crippen molar-refractivity contribution in [3.63, 3.8) is 0 Å². The van der Waals surface area contributed by atoms with Gasteiger partial charge in [0.2, 0.25) is 0 Å². The molecule has 0 aliphatic carbocycles. The molecule has 2 aromatic carbocycles. The first-order valence-corrected chi connectivity index (χ1v) is 10.6. The third-order valence-corrected chi connectivity index (χ3v) is 5.16. The number of nitrogens with one attached hydrogen (secondary N) is 3. The molecule has 3 rings (SSSR count). The van der Waals surface area contributed by atoms with Crippen molar-refractivity contribution in [2.45, 2.75) is 6.42 Å².